The van der Waals surface area contributed by atoms with E-state index in [1.54, 1.807) is 0 Å². The molecule has 3 nitrogen and oxygen atoms in total. The van der Waals surface area contributed by atoms with E-state index in [4.69, 9.17) is 5.11 Å². The van der Waals surface area contributed by atoms with Gasteiger partial charge in [-0.2, -0.15) is 0 Å². The van der Waals surface area contributed by atoms with E-state index in [2.05, 4.69) is 12.2 Å². The summed E-state index contributed by atoms with van der Waals surface area (Å²) in [4.78, 5) is 11.1. The van der Waals surface area contributed by atoms with Crippen molar-refractivity contribution >= 4 is 5.91 Å². The number of hydrogen-bond donors (Lipinski definition) is 2. The Labute approximate surface area is 138 Å². The van der Waals surface area contributed by atoms with Crippen LogP contribution in [0.15, 0.2) is 0 Å². The van der Waals surface area contributed by atoms with Crippen LogP contribution in [0, 0.1) is 0 Å². The monoisotopic (exact) mass is 313 g/mol. The van der Waals surface area contributed by atoms with Gasteiger partial charge in [-0.25, -0.2) is 0 Å². The van der Waals surface area contributed by atoms with E-state index < -0.39 is 6.10 Å². The van der Waals surface area contributed by atoms with E-state index >= 15 is 0 Å². The lowest BCUT2D eigenvalue weighted by Gasteiger charge is -2.06. The lowest BCUT2D eigenvalue weighted by molar-refractivity contribution is -0.128. The summed E-state index contributed by atoms with van der Waals surface area (Å²) in [5, 5.41) is 11.8. The Hall–Kier alpha value is -0.570. The highest BCUT2D eigenvalue weighted by Gasteiger charge is 2.06. The molecule has 0 heterocycles. The molecule has 0 aliphatic rings. The smallest absolute Gasteiger partial charge is 0.248 e. The molecule has 2 N–H and O–H groups in total. The van der Waals surface area contributed by atoms with Crippen LogP contribution in [0.25, 0.3) is 0 Å². The molecule has 0 fully saturated rings. The van der Waals surface area contributed by atoms with Gasteiger partial charge in [0.15, 0.2) is 0 Å². The highest BCUT2D eigenvalue weighted by Crippen LogP contribution is 2.12. The van der Waals surface area contributed by atoms with Crippen LogP contribution in [0.3, 0.4) is 0 Å². The van der Waals surface area contributed by atoms with E-state index in [9.17, 15) is 4.79 Å². The summed E-state index contributed by atoms with van der Waals surface area (Å²) in [6.45, 7) is 4.47. The molecule has 0 saturated carbocycles. The first kappa shape index (κ1) is 21.4. The standard InChI is InChI=1S/C19H39NO2/c1-3-4-5-6-7-8-9-10-11-12-13-14-15-16-17-20-19(22)18(2)21/h18,21H,3-17H2,1-2H3,(H,20,22). The van der Waals surface area contributed by atoms with Gasteiger partial charge >= 0.3 is 0 Å². The van der Waals surface area contributed by atoms with Crippen LogP contribution >= 0.6 is 0 Å². The summed E-state index contributed by atoms with van der Waals surface area (Å²) in [7, 11) is 0. The van der Waals surface area contributed by atoms with Crippen molar-refractivity contribution < 1.29 is 9.90 Å². The Morgan fingerprint density at radius 3 is 1.50 bits per heavy atom. The van der Waals surface area contributed by atoms with Crippen LogP contribution in [0.2, 0.25) is 0 Å². The van der Waals surface area contributed by atoms with Crippen molar-refractivity contribution in [1.29, 1.82) is 0 Å². The normalized spacial score (nSPS) is 12.3. The van der Waals surface area contributed by atoms with Crippen LogP contribution in [0.1, 0.15) is 104 Å². The highest BCUT2D eigenvalue weighted by atomic mass is 16.3. The molecule has 22 heavy (non-hydrogen) atoms. The maximum atomic E-state index is 11.1. The largest absolute Gasteiger partial charge is 0.384 e. The third-order valence-electron chi connectivity index (χ3n) is 4.21. The van der Waals surface area contributed by atoms with Crippen molar-refractivity contribution in [2.75, 3.05) is 6.54 Å². The van der Waals surface area contributed by atoms with E-state index in [1.807, 2.05) is 0 Å². The molecule has 1 unspecified atom stereocenters. The summed E-state index contributed by atoms with van der Waals surface area (Å²) >= 11 is 0. The maximum absolute atomic E-state index is 11.1. The van der Waals surface area contributed by atoms with Crippen LogP contribution in [-0.4, -0.2) is 23.7 Å². The summed E-state index contributed by atoms with van der Waals surface area (Å²) in [5.41, 5.74) is 0. The predicted octanol–water partition coefficient (Wildman–Crippen LogP) is 4.96. The topological polar surface area (TPSA) is 49.3 Å². The van der Waals surface area contributed by atoms with Crippen molar-refractivity contribution in [3.63, 3.8) is 0 Å². The molecule has 0 rings (SSSR count). The molecule has 3 heteroatoms. The number of carbonyl (C=O) groups excluding carboxylic acids is 1. The van der Waals surface area contributed by atoms with Gasteiger partial charge in [-0.1, -0.05) is 90.4 Å². The summed E-state index contributed by atoms with van der Waals surface area (Å²) in [6, 6.07) is 0. The number of unbranched alkanes of at least 4 members (excludes halogenated alkanes) is 13. The van der Waals surface area contributed by atoms with Crippen molar-refractivity contribution in [2.24, 2.45) is 0 Å². The second-order valence-corrected chi connectivity index (χ2v) is 6.56. The first-order chi connectivity index (χ1) is 10.7. The molecule has 0 spiro atoms. The Morgan fingerprint density at radius 2 is 1.14 bits per heavy atom. The molecule has 0 saturated heterocycles. The first-order valence-corrected chi connectivity index (χ1v) is 9.64. The summed E-state index contributed by atoms with van der Waals surface area (Å²) < 4.78 is 0. The molecular formula is C19H39NO2. The fourth-order valence-electron chi connectivity index (χ4n) is 2.68. The molecule has 0 bridgehead atoms. The number of carbonyl (C=O) groups is 1. The number of aliphatic hydroxyl groups excluding tert-OH is 1. The first-order valence-electron chi connectivity index (χ1n) is 9.64. The summed E-state index contributed by atoms with van der Waals surface area (Å²) in [6.07, 6.45) is 17.9. The Morgan fingerprint density at radius 1 is 0.773 bits per heavy atom. The number of rotatable bonds is 16. The van der Waals surface area contributed by atoms with Crippen LogP contribution in [0.4, 0.5) is 0 Å². The zero-order valence-corrected chi connectivity index (χ0v) is 15.0. The van der Waals surface area contributed by atoms with E-state index in [1.165, 1.54) is 90.4 Å². The molecule has 0 aromatic carbocycles. The van der Waals surface area contributed by atoms with Gasteiger partial charge in [0.2, 0.25) is 5.91 Å². The fraction of sp³-hybridized carbons (Fsp3) is 0.947. The number of nitrogens with one attached hydrogen (secondary N) is 1. The Balaban J connectivity index is 3.04. The molecule has 0 aromatic rings. The van der Waals surface area contributed by atoms with Crippen molar-refractivity contribution in [3.8, 4) is 0 Å². The van der Waals surface area contributed by atoms with Crippen molar-refractivity contribution in [1.82, 2.24) is 5.32 Å². The second kappa shape index (κ2) is 16.8. The van der Waals surface area contributed by atoms with Gasteiger partial charge in [0, 0.05) is 6.54 Å². The highest BCUT2D eigenvalue weighted by molar-refractivity contribution is 5.79. The molecule has 132 valence electrons. The molecule has 1 amide bonds. The van der Waals surface area contributed by atoms with Crippen molar-refractivity contribution in [3.05, 3.63) is 0 Å². The molecule has 0 aromatic heterocycles. The molecule has 0 aliphatic heterocycles. The van der Waals surface area contributed by atoms with Crippen LogP contribution < -0.4 is 5.32 Å². The average molecular weight is 314 g/mol. The number of aliphatic hydroxyl groups is 1. The quantitative estimate of drug-likeness (QED) is 0.395. The maximum Gasteiger partial charge on any atom is 0.248 e. The average Bonchev–Trinajstić information content (AvgIpc) is 2.50. The molecule has 0 aliphatic carbocycles. The molecule has 1 atom stereocenters. The fourth-order valence-corrected chi connectivity index (χ4v) is 2.68. The Bertz CT molecular complexity index is 242. The molecular weight excluding hydrogens is 274 g/mol. The minimum atomic E-state index is -0.883. The van der Waals surface area contributed by atoms with Gasteiger partial charge in [-0.3, -0.25) is 4.79 Å². The van der Waals surface area contributed by atoms with Gasteiger partial charge in [-0.05, 0) is 13.3 Å². The lowest BCUT2D eigenvalue weighted by atomic mass is 10.0. The van der Waals surface area contributed by atoms with Crippen LogP contribution in [0.5, 0.6) is 0 Å². The van der Waals surface area contributed by atoms with Crippen LogP contribution in [-0.2, 0) is 4.79 Å². The van der Waals surface area contributed by atoms with Gasteiger partial charge in [-0.15, -0.1) is 0 Å². The zero-order valence-electron chi connectivity index (χ0n) is 15.0. The minimum Gasteiger partial charge on any atom is -0.384 e. The summed E-state index contributed by atoms with van der Waals surface area (Å²) in [5.74, 6) is -0.255. The van der Waals surface area contributed by atoms with E-state index in [0.29, 0.717) is 6.54 Å². The van der Waals surface area contributed by atoms with Gasteiger partial charge in [0.05, 0.1) is 0 Å². The lowest BCUT2D eigenvalue weighted by Crippen LogP contribution is -2.33. The number of hydrogen-bond acceptors (Lipinski definition) is 2. The number of amides is 1. The van der Waals surface area contributed by atoms with Gasteiger partial charge in [0.1, 0.15) is 6.10 Å². The molecule has 0 radical (unpaired) electrons. The predicted molar refractivity (Wildman–Crippen MR) is 95.0 cm³/mol. The van der Waals surface area contributed by atoms with Gasteiger partial charge < -0.3 is 10.4 Å². The third kappa shape index (κ3) is 15.8. The van der Waals surface area contributed by atoms with E-state index in [-0.39, 0.29) is 5.91 Å². The minimum absolute atomic E-state index is 0.255. The zero-order chi connectivity index (χ0) is 16.5. The Kier molecular flexibility index (Phi) is 16.4. The van der Waals surface area contributed by atoms with E-state index in [0.717, 1.165) is 6.42 Å². The SMILES string of the molecule is CCCCCCCCCCCCCCCCNC(=O)C(C)O. The van der Waals surface area contributed by atoms with Crippen molar-refractivity contribution in [2.45, 2.75) is 110 Å². The second-order valence-electron chi connectivity index (χ2n) is 6.56. The third-order valence-corrected chi connectivity index (χ3v) is 4.21. The van der Waals surface area contributed by atoms with Gasteiger partial charge in [0.25, 0.3) is 0 Å².